The lowest BCUT2D eigenvalue weighted by molar-refractivity contribution is -0.384. The maximum Gasteiger partial charge on any atom is 0.271 e. The number of ether oxygens (including phenoxy) is 1. The summed E-state index contributed by atoms with van der Waals surface area (Å²) in [5, 5.41) is 20.0. The summed E-state index contributed by atoms with van der Waals surface area (Å²) in [7, 11) is 1.45. The lowest BCUT2D eigenvalue weighted by atomic mass is 10.1. The van der Waals surface area contributed by atoms with Crippen LogP contribution in [-0.2, 0) is 4.79 Å². The van der Waals surface area contributed by atoms with Gasteiger partial charge in [-0.1, -0.05) is 46.3 Å². The highest BCUT2D eigenvalue weighted by molar-refractivity contribution is 9.10. The molecular weight excluding hydrogens is 496 g/mol. The number of halogens is 1. The summed E-state index contributed by atoms with van der Waals surface area (Å²) in [5.41, 5.74) is 1.50. The van der Waals surface area contributed by atoms with Crippen LogP contribution in [0.5, 0.6) is 5.75 Å². The Hall–Kier alpha value is -3.50. The predicted octanol–water partition coefficient (Wildman–Crippen LogP) is 5.03. The van der Waals surface area contributed by atoms with Crippen LogP contribution in [0.15, 0.2) is 77.3 Å². The van der Waals surface area contributed by atoms with Crippen molar-refractivity contribution in [2.24, 2.45) is 0 Å². The molecule has 1 amide bonds. The summed E-state index contributed by atoms with van der Waals surface area (Å²) in [6.45, 7) is 0. The van der Waals surface area contributed by atoms with Crippen molar-refractivity contribution in [1.29, 1.82) is 0 Å². The number of rotatable bonds is 7. The average Bonchev–Trinajstić information content (AvgIpc) is 2.79. The molecule has 0 spiro atoms. The highest BCUT2D eigenvalue weighted by atomic mass is 79.9. The summed E-state index contributed by atoms with van der Waals surface area (Å²) in [6.07, 6.45) is 0. The van der Waals surface area contributed by atoms with Gasteiger partial charge in [0, 0.05) is 22.3 Å². The van der Waals surface area contributed by atoms with Crippen molar-refractivity contribution in [2.75, 3.05) is 17.7 Å². The second-order valence-corrected chi connectivity index (χ2v) is 7.90. The molecule has 1 atom stereocenters. The molecule has 1 unspecified atom stereocenters. The van der Waals surface area contributed by atoms with Crippen molar-refractivity contribution in [3.8, 4) is 5.75 Å². The number of benzene rings is 3. The Labute approximate surface area is 198 Å². The van der Waals surface area contributed by atoms with Crippen molar-refractivity contribution in [1.82, 2.24) is 5.32 Å². The van der Waals surface area contributed by atoms with Crippen molar-refractivity contribution in [3.63, 3.8) is 0 Å². The molecule has 0 saturated carbocycles. The van der Waals surface area contributed by atoms with E-state index in [1.54, 1.807) is 24.3 Å². The minimum absolute atomic E-state index is 0.101. The van der Waals surface area contributed by atoms with Crippen LogP contribution in [0.1, 0.15) is 11.6 Å². The van der Waals surface area contributed by atoms with E-state index in [1.165, 1.54) is 25.3 Å². The van der Waals surface area contributed by atoms with E-state index < -0.39 is 11.0 Å². The van der Waals surface area contributed by atoms with Crippen LogP contribution in [0.4, 0.5) is 17.1 Å². The number of nitrogens with zero attached hydrogens (tertiary/aromatic N) is 1. The first-order chi connectivity index (χ1) is 15.4. The van der Waals surface area contributed by atoms with E-state index in [1.807, 2.05) is 30.3 Å². The largest absolute Gasteiger partial charge is 0.495 e. The van der Waals surface area contributed by atoms with E-state index in [0.717, 1.165) is 4.47 Å². The normalized spacial score (nSPS) is 11.2. The molecule has 0 fully saturated rings. The second-order valence-electron chi connectivity index (χ2n) is 6.58. The molecule has 0 aliphatic rings. The van der Waals surface area contributed by atoms with E-state index in [-0.39, 0.29) is 16.7 Å². The molecule has 164 valence electrons. The zero-order chi connectivity index (χ0) is 23.1. The predicted molar refractivity (Wildman–Crippen MR) is 131 cm³/mol. The Morgan fingerprint density at radius 1 is 1.06 bits per heavy atom. The Balaban J connectivity index is 1.81. The van der Waals surface area contributed by atoms with Crippen LogP contribution in [0.2, 0.25) is 0 Å². The van der Waals surface area contributed by atoms with Crippen molar-refractivity contribution < 1.29 is 14.5 Å². The summed E-state index contributed by atoms with van der Waals surface area (Å²) >= 11 is 8.76. The van der Waals surface area contributed by atoms with Gasteiger partial charge in [0.15, 0.2) is 5.11 Å². The third-order valence-electron chi connectivity index (χ3n) is 4.42. The van der Waals surface area contributed by atoms with E-state index >= 15 is 0 Å². The lowest BCUT2D eigenvalue weighted by Crippen LogP contribution is -2.39. The van der Waals surface area contributed by atoms with Gasteiger partial charge in [-0.3, -0.25) is 14.9 Å². The number of nitrogens with one attached hydrogen (secondary N) is 3. The zero-order valence-electron chi connectivity index (χ0n) is 16.9. The van der Waals surface area contributed by atoms with Gasteiger partial charge in [-0.25, -0.2) is 0 Å². The van der Waals surface area contributed by atoms with Crippen LogP contribution in [-0.4, -0.2) is 23.1 Å². The first-order valence-electron chi connectivity index (χ1n) is 9.38. The van der Waals surface area contributed by atoms with Gasteiger partial charge in [0.2, 0.25) is 0 Å². The fourth-order valence-electron chi connectivity index (χ4n) is 2.89. The molecule has 0 bridgehead atoms. The van der Waals surface area contributed by atoms with Gasteiger partial charge in [-0.05, 0) is 48.1 Å². The smallest absolute Gasteiger partial charge is 0.271 e. The first kappa shape index (κ1) is 23.2. The first-order valence-corrected chi connectivity index (χ1v) is 10.6. The van der Waals surface area contributed by atoms with Crippen LogP contribution in [0.3, 0.4) is 0 Å². The molecule has 0 radical (unpaired) electrons. The molecule has 0 aliphatic carbocycles. The molecule has 32 heavy (non-hydrogen) atoms. The number of methoxy groups -OCH3 is 1. The molecule has 0 aliphatic heterocycles. The van der Waals surface area contributed by atoms with Gasteiger partial charge in [0.1, 0.15) is 11.8 Å². The molecule has 0 aromatic heterocycles. The number of amides is 1. The Morgan fingerprint density at radius 2 is 1.75 bits per heavy atom. The third-order valence-corrected chi connectivity index (χ3v) is 5.17. The molecule has 10 heteroatoms. The highest BCUT2D eigenvalue weighted by Crippen LogP contribution is 2.29. The van der Waals surface area contributed by atoms with Crippen molar-refractivity contribution >= 4 is 56.2 Å². The van der Waals surface area contributed by atoms with Gasteiger partial charge >= 0.3 is 0 Å². The van der Waals surface area contributed by atoms with Gasteiger partial charge in [0.25, 0.3) is 11.6 Å². The Morgan fingerprint density at radius 3 is 2.38 bits per heavy atom. The fraction of sp³-hybridized carbons (Fsp3) is 0.0909. The number of carbonyl (C=O) groups is 1. The molecular formula is C22H19BrN4O4S. The number of carbonyl (C=O) groups excluding carboxylic acids is 1. The van der Waals surface area contributed by atoms with Crippen LogP contribution in [0, 0.1) is 10.1 Å². The number of hydrogen-bond acceptors (Lipinski definition) is 5. The second kappa shape index (κ2) is 10.7. The average molecular weight is 515 g/mol. The van der Waals surface area contributed by atoms with Gasteiger partial charge in [0.05, 0.1) is 17.7 Å². The molecule has 3 rings (SSSR count). The number of thiocarbonyl (C=S) groups is 1. The maximum atomic E-state index is 13.1. The SMILES string of the molecule is COc1ccc([N+](=O)[O-])cc1NC(=S)NC(C(=O)Nc1ccc(Br)cc1)c1ccccc1. The molecule has 3 aromatic rings. The quantitative estimate of drug-likeness (QED) is 0.230. The van der Waals surface area contributed by atoms with Crippen LogP contribution < -0.4 is 20.7 Å². The van der Waals surface area contributed by atoms with E-state index in [0.29, 0.717) is 22.7 Å². The number of hydrogen-bond donors (Lipinski definition) is 3. The number of nitro benzene ring substituents is 1. The van der Waals surface area contributed by atoms with Crippen molar-refractivity contribution in [3.05, 3.63) is 92.9 Å². The summed E-state index contributed by atoms with van der Waals surface area (Å²) in [5.74, 6) is 0.0454. The van der Waals surface area contributed by atoms with Gasteiger partial charge < -0.3 is 20.7 Å². The molecule has 3 aromatic carbocycles. The third kappa shape index (κ3) is 6.02. The Bertz CT molecular complexity index is 1130. The standard InChI is InChI=1S/C22H19BrN4O4S/c1-31-19-12-11-17(27(29)30)13-18(19)25-22(32)26-20(14-5-3-2-4-6-14)21(28)24-16-9-7-15(23)8-10-16/h2-13,20H,1H3,(H,24,28)(H2,25,26,32). The summed E-state index contributed by atoms with van der Waals surface area (Å²) in [4.78, 5) is 23.7. The van der Waals surface area contributed by atoms with E-state index in [4.69, 9.17) is 17.0 Å². The lowest BCUT2D eigenvalue weighted by Gasteiger charge is -2.21. The molecule has 3 N–H and O–H groups in total. The number of non-ortho nitro benzene ring substituents is 1. The minimum Gasteiger partial charge on any atom is -0.495 e. The monoisotopic (exact) mass is 514 g/mol. The Kier molecular flexibility index (Phi) is 7.74. The van der Waals surface area contributed by atoms with Crippen LogP contribution >= 0.6 is 28.1 Å². The van der Waals surface area contributed by atoms with Crippen LogP contribution in [0.25, 0.3) is 0 Å². The van der Waals surface area contributed by atoms with E-state index in [2.05, 4.69) is 31.9 Å². The van der Waals surface area contributed by atoms with Gasteiger partial charge in [-0.15, -0.1) is 0 Å². The van der Waals surface area contributed by atoms with Crippen molar-refractivity contribution in [2.45, 2.75) is 6.04 Å². The number of nitro groups is 1. The molecule has 0 heterocycles. The summed E-state index contributed by atoms with van der Waals surface area (Å²) < 4.78 is 6.14. The molecule has 8 nitrogen and oxygen atoms in total. The van der Waals surface area contributed by atoms with Gasteiger partial charge in [-0.2, -0.15) is 0 Å². The zero-order valence-corrected chi connectivity index (χ0v) is 19.3. The highest BCUT2D eigenvalue weighted by Gasteiger charge is 2.22. The topological polar surface area (TPSA) is 106 Å². The van der Waals surface area contributed by atoms with E-state index in [9.17, 15) is 14.9 Å². The summed E-state index contributed by atoms with van der Waals surface area (Å²) in [6, 6.07) is 19.6. The fourth-order valence-corrected chi connectivity index (χ4v) is 3.38. The maximum absolute atomic E-state index is 13.1. The molecule has 0 saturated heterocycles. The number of anilines is 2. The minimum atomic E-state index is -0.815.